The van der Waals surface area contributed by atoms with Gasteiger partial charge in [-0.2, -0.15) is 0 Å². The van der Waals surface area contributed by atoms with Gasteiger partial charge in [0.15, 0.2) is 0 Å². The van der Waals surface area contributed by atoms with Crippen LogP contribution < -0.4 is 5.56 Å². The van der Waals surface area contributed by atoms with Crippen molar-refractivity contribution in [2.45, 2.75) is 37.3 Å². The molecule has 0 bridgehead atoms. The Kier molecular flexibility index (Phi) is 5.05. The molecule has 0 saturated heterocycles. The topological polar surface area (TPSA) is 45.8 Å². The molecule has 0 fully saturated rings. The number of nitrogens with zero attached hydrogens (tertiary/aromatic N) is 1. The second-order valence-corrected chi connectivity index (χ2v) is 6.87. The lowest BCUT2D eigenvalue weighted by Gasteiger charge is -2.09. The maximum absolute atomic E-state index is 12.0. The maximum Gasteiger partial charge on any atom is 0.254 e. The zero-order valence-electron chi connectivity index (χ0n) is 11.7. The molecule has 0 atom stereocenters. The van der Waals surface area contributed by atoms with Crippen LogP contribution in [0.3, 0.4) is 0 Å². The largest absolute Gasteiger partial charge is 0.310 e. The van der Waals surface area contributed by atoms with E-state index in [1.54, 1.807) is 11.8 Å². The van der Waals surface area contributed by atoms with Crippen molar-refractivity contribution in [1.82, 2.24) is 9.97 Å². The zero-order valence-corrected chi connectivity index (χ0v) is 14.1. The first kappa shape index (κ1) is 15.3. The first-order valence-corrected chi connectivity index (χ1v) is 8.23. The number of hydrogen-bond acceptors (Lipinski definition) is 3. The van der Waals surface area contributed by atoms with Crippen molar-refractivity contribution >= 4 is 27.7 Å². The number of aryl methyl sites for hydroxylation is 1. The van der Waals surface area contributed by atoms with Crippen molar-refractivity contribution in [3.05, 3.63) is 56.2 Å². The highest BCUT2D eigenvalue weighted by Gasteiger charge is 2.11. The Balaban J connectivity index is 2.15. The molecule has 0 radical (unpaired) electrons. The third-order valence-corrected chi connectivity index (χ3v) is 4.51. The Hall–Kier alpha value is -1.07. The summed E-state index contributed by atoms with van der Waals surface area (Å²) in [6, 6.07) is 8.10. The molecule has 2 rings (SSSR count). The van der Waals surface area contributed by atoms with Gasteiger partial charge in [0.05, 0.1) is 5.75 Å². The monoisotopic (exact) mass is 352 g/mol. The van der Waals surface area contributed by atoms with E-state index >= 15 is 0 Å². The lowest BCUT2D eigenvalue weighted by molar-refractivity contribution is 0.799. The summed E-state index contributed by atoms with van der Waals surface area (Å²) in [5.74, 6) is 1.58. The molecule has 0 saturated carbocycles. The average molecular weight is 353 g/mol. The van der Waals surface area contributed by atoms with Crippen molar-refractivity contribution in [2.24, 2.45) is 0 Å². The lowest BCUT2D eigenvalue weighted by Crippen LogP contribution is -2.19. The van der Waals surface area contributed by atoms with E-state index in [1.807, 2.05) is 45.0 Å². The summed E-state index contributed by atoms with van der Waals surface area (Å²) in [6.45, 7) is 5.92. The molecule has 106 valence electrons. The third kappa shape index (κ3) is 3.73. The van der Waals surface area contributed by atoms with Crippen LogP contribution in [0.5, 0.6) is 0 Å². The van der Waals surface area contributed by atoms with Crippen LogP contribution in [0.2, 0.25) is 0 Å². The fourth-order valence-corrected chi connectivity index (χ4v) is 3.12. The van der Waals surface area contributed by atoms with E-state index in [-0.39, 0.29) is 11.5 Å². The summed E-state index contributed by atoms with van der Waals surface area (Å²) in [6.07, 6.45) is 0. The van der Waals surface area contributed by atoms with Crippen LogP contribution in [0.15, 0.2) is 38.4 Å². The van der Waals surface area contributed by atoms with Gasteiger partial charge >= 0.3 is 0 Å². The highest BCUT2D eigenvalue weighted by atomic mass is 79.9. The minimum absolute atomic E-state index is 0.0149. The molecule has 1 aromatic heterocycles. The standard InChI is InChI=1S/C15H17BrN2OS/c1-9(2)14-10(3)17-13(18-15(14)19)8-20-12-6-4-11(16)5-7-12/h4-7,9H,8H2,1-3H3,(H,17,18,19). The Morgan fingerprint density at radius 2 is 1.95 bits per heavy atom. The van der Waals surface area contributed by atoms with Gasteiger partial charge in [0.1, 0.15) is 5.82 Å². The van der Waals surface area contributed by atoms with E-state index in [9.17, 15) is 4.79 Å². The summed E-state index contributed by atoms with van der Waals surface area (Å²) >= 11 is 5.07. The van der Waals surface area contributed by atoms with Crippen molar-refractivity contribution in [1.29, 1.82) is 0 Å². The number of benzene rings is 1. The van der Waals surface area contributed by atoms with Gasteiger partial charge in [0.25, 0.3) is 5.56 Å². The predicted octanol–water partition coefficient (Wildman–Crippen LogP) is 4.26. The molecule has 20 heavy (non-hydrogen) atoms. The summed E-state index contributed by atoms with van der Waals surface area (Å²) < 4.78 is 1.06. The second-order valence-electron chi connectivity index (χ2n) is 4.91. The van der Waals surface area contributed by atoms with Crippen molar-refractivity contribution in [3.63, 3.8) is 0 Å². The second kappa shape index (κ2) is 6.59. The SMILES string of the molecule is Cc1nc(CSc2ccc(Br)cc2)[nH]c(=O)c1C(C)C. The minimum Gasteiger partial charge on any atom is -0.310 e. The number of H-pyrrole nitrogens is 1. The fraction of sp³-hybridized carbons (Fsp3) is 0.333. The van der Waals surface area contributed by atoms with Crippen LogP contribution in [-0.2, 0) is 5.75 Å². The third-order valence-electron chi connectivity index (χ3n) is 2.96. The summed E-state index contributed by atoms with van der Waals surface area (Å²) in [7, 11) is 0. The van der Waals surface area contributed by atoms with Crippen LogP contribution in [-0.4, -0.2) is 9.97 Å². The van der Waals surface area contributed by atoms with Crippen LogP contribution in [0.1, 0.15) is 36.8 Å². The van der Waals surface area contributed by atoms with E-state index in [0.29, 0.717) is 5.75 Å². The first-order chi connectivity index (χ1) is 9.47. The number of nitrogens with one attached hydrogen (secondary N) is 1. The molecule has 1 aromatic carbocycles. The molecule has 0 unspecified atom stereocenters. The van der Waals surface area contributed by atoms with Gasteiger partial charge in [0, 0.05) is 20.6 Å². The van der Waals surface area contributed by atoms with Crippen LogP contribution in [0.4, 0.5) is 0 Å². The molecular weight excluding hydrogens is 336 g/mol. The van der Waals surface area contributed by atoms with Crippen molar-refractivity contribution in [3.8, 4) is 0 Å². The van der Waals surface area contributed by atoms with E-state index in [0.717, 1.165) is 26.4 Å². The number of halogens is 1. The summed E-state index contributed by atoms with van der Waals surface area (Å²) in [4.78, 5) is 20.6. The Morgan fingerprint density at radius 1 is 1.30 bits per heavy atom. The van der Waals surface area contributed by atoms with E-state index < -0.39 is 0 Å². The van der Waals surface area contributed by atoms with E-state index in [4.69, 9.17) is 0 Å². The summed E-state index contributed by atoms with van der Waals surface area (Å²) in [5, 5.41) is 0. The zero-order chi connectivity index (χ0) is 14.7. The quantitative estimate of drug-likeness (QED) is 0.836. The van der Waals surface area contributed by atoms with E-state index in [2.05, 4.69) is 25.9 Å². The fourth-order valence-electron chi connectivity index (χ4n) is 2.08. The van der Waals surface area contributed by atoms with Gasteiger partial charge in [0.2, 0.25) is 0 Å². The van der Waals surface area contributed by atoms with Crippen LogP contribution in [0.25, 0.3) is 0 Å². The molecule has 2 aromatic rings. The van der Waals surface area contributed by atoms with Crippen LogP contribution >= 0.6 is 27.7 Å². The molecular formula is C15H17BrN2OS. The molecule has 0 aliphatic carbocycles. The molecule has 0 aliphatic heterocycles. The Morgan fingerprint density at radius 3 is 2.50 bits per heavy atom. The molecule has 0 amide bonds. The molecule has 5 heteroatoms. The Labute approximate surface area is 131 Å². The highest BCUT2D eigenvalue weighted by Crippen LogP contribution is 2.23. The number of hydrogen-bond donors (Lipinski definition) is 1. The molecule has 1 heterocycles. The van der Waals surface area contributed by atoms with Crippen molar-refractivity contribution in [2.75, 3.05) is 0 Å². The van der Waals surface area contributed by atoms with E-state index in [1.165, 1.54) is 0 Å². The normalized spacial score (nSPS) is 11.1. The van der Waals surface area contributed by atoms with Crippen molar-refractivity contribution < 1.29 is 0 Å². The number of aromatic nitrogens is 2. The van der Waals surface area contributed by atoms with Gasteiger partial charge in [-0.05, 0) is 37.1 Å². The number of thioether (sulfide) groups is 1. The predicted molar refractivity (Wildman–Crippen MR) is 87.4 cm³/mol. The molecule has 3 nitrogen and oxygen atoms in total. The summed E-state index contributed by atoms with van der Waals surface area (Å²) in [5.41, 5.74) is 1.59. The lowest BCUT2D eigenvalue weighted by atomic mass is 10.0. The Bertz CT molecular complexity index is 650. The van der Waals surface area contributed by atoms with Gasteiger partial charge in [-0.25, -0.2) is 4.98 Å². The average Bonchev–Trinajstić information content (AvgIpc) is 2.37. The van der Waals surface area contributed by atoms with Gasteiger partial charge in [-0.3, -0.25) is 4.79 Å². The number of rotatable bonds is 4. The first-order valence-electron chi connectivity index (χ1n) is 6.45. The molecule has 0 aliphatic rings. The number of aromatic amines is 1. The minimum atomic E-state index is -0.0149. The van der Waals surface area contributed by atoms with Gasteiger partial charge in [-0.15, -0.1) is 11.8 Å². The molecule has 0 spiro atoms. The maximum atomic E-state index is 12.0. The highest BCUT2D eigenvalue weighted by molar-refractivity contribution is 9.10. The smallest absolute Gasteiger partial charge is 0.254 e. The molecule has 1 N–H and O–H groups in total. The van der Waals surface area contributed by atoms with Crippen LogP contribution in [0, 0.1) is 6.92 Å². The van der Waals surface area contributed by atoms with Gasteiger partial charge < -0.3 is 4.98 Å². The van der Waals surface area contributed by atoms with Gasteiger partial charge in [-0.1, -0.05) is 29.8 Å².